The third-order valence-corrected chi connectivity index (χ3v) is 5.81. The molecular weight excluding hydrogens is 348 g/mol. The Morgan fingerprint density at radius 3 is 2.36 bits per heavy atom. The molecule has 0 amide bonds. The highest BCUT2D eigenvalue weighted by Gasteiger charge is 2.46. The van der Waals surface area contributed by atoms with Crippen LogP contribution in [0.1, 0.15) is 35.7 Å². The third-order valence-electron chi connectivity index (χ3n) is 3.65. The second-order valence-electron chi connectivity index (χ2n) is 5.62. The number of benzene rings is 2. The van der Waals surface area contributed by atoms with Crippen LogP contribution in [0.25, 0.3) is 0 Å². The van der Waals surface area contributed by atoms with Crippen LogP contribution in [0.15, 0.2) is 48.5 Å². The van der Waals surface area contributed by atoms with Crippen molar-refractivity contribution in [1.29, 1.82) is 0 Å². The number of unbranched alkanes of at least 4 members (excludes halogenated alkanes) is 1. The fraction of sp³-hybridized carbons (Fsp3) is 0.316. The summed E-state index contributed by atoms with van der Waals surface area (Å²) in [5, 5.41) is 0.0270. The van der Waals surface area contributed by atoms with Gasteiger partial charge in [-0.25, -0.2) is 0 Å². The SMILES string of the molecule is CCCCOc1ccc(P(C(=O)c2ccccc2)C(F)(F)F)c(C)c1. The van der Waals surface area contributed by atoms with E-state index in [0.29, 0.717) is 17.9 Å². The number of aryl methyl sites for hydroxylation is 1. The highest BCUT2D eigenvalue weighted by Crippen LogP contribution is 2.55. The standard InChI is InChI=1S/C19H20F3O2P/c1-3-4-12-24-16-10-11-17(14(2)13-16)25(19(20,21)22)18(23)15-8-6-5-7-9-15/h5-11,13H,3-4,12H2,1-2H3. The average molecular weight is 368 g/mol. The van der Waals surface area contributed by atoms with E-state index < -0.39 is 19.4 Å². The topological polar surface area (TPSA) is 26.3 Å². The largest absolute Gasteiger partial charge is 0.494 e. The Labute approximate surface area is 146 Å². The predicted molar refractivity (Wildman–Crippen MR) is 95.0 cm³/mol. The zero-order valence-corrected chi connectivity index (χ0v) is 15.0. The van der Waals surface area contributed by atoms with E-state index in [0.717, 1.165) is 12.8 Å². The molecule has 0 aliphatic heterocycles. The summed E-state index contributed by atoms with van der Waals surface area (Å²) in [4.78, 5) is 12.5. The molecule has 0 heterocycles. The summed E-state index contributed by atoms with van der Waals surface area (Å²) < 4.78 is 46.5. The van der Waals surface area contributed by atoms with Gasteiger partial charge in [0, 0.05) is 5.56 Å². The van der Waals surface area contributed by atoms with Gasteiger partial charge < -0.3 is 4.74 Å². The van der Waals surface area contributed by atoms with E-state index in [9.17, 15) is 18.0 Å². The Morgan fingerprint density at radius 2 is 1.80 bits per heavy atom. The normalized spacial score (nSPS) is 12.7. The van der Waals surface area contributed by atoms with Gasteiger partial charge in [0.25, 0.3) is 0 Å². The molecule has 0 fully saturated rings. The van der Waals surface area contributed by atoms with Crippen molar-refractivity contribution in [2.75, 3.05) is 6.61 Å². The second kappa shape index (κ2) is 8.48. The summed E-state index contributed by atoms with van der Waals surface area (Å²) in [6, 6.07) is 12.1. The van der Waals surface area contributed by atoms with Crippen molar-refractivity contribution >= 4 is 18.8 Å². The molecule has 25 heavy (non-hydrogen) atoms. The molecule has 0 aromatic heterocycles. The fourth-order valence-electron chi connectivity index (χ4n) is 2.37. The summed E-state index contributed by atoms with van der Waals surface area (Å²) in [6.45, 7) is 4.14. The summed E-state index contributed by atoms with van der Waals surface area (Å²) >= 11 is 0. The van der Waals surface area contributed by atoms with Crippen molar-refractivity contribution in [1.82, 2.24) is 0 Å². The lowest BCUT2D eigenvalue weighted by atomic mass is 10.2. The molecule has 0 aliphatic carbocycles. The molecule has 1 atom stereocenters. The van der Waals surface area contributed by atoms with Crippen LogP contribution < -0.4 is 10.0 Å². The van der Waals surface area contributed by atoms with E-state index in [1.54, 1.807) is 31.2 Å². The number of ether oxygens (including phenoxy) is 1. The van der Waals surface area contributed by atoms with Crippen LogP contribution in [0.3, 0.4) is 0 Å². The van der Waals surface area contributed by atoms with Crippen LogP contribution in [0.5, 0.6) is 5.75 Å². The molecule has 1 unspecified atom stereocenters. The van der Waals surface area contributed by atoms with Gasteiger partial charge in [-0.2, -0.15) is 13.2 Å². The first-order valence-corrected chi connectivity index (χ1v) is 9.38. The summed E-state index contributed by atoms with van der Waals surface area (Å²) in [5.41, 5.74) is -0.388. The van der Waals surface area contributed by atoms with E-state index in [1.807, 2.05) is 6.92 Å². The molecule has 2 aromatic rings. The van der Waals surface area contributed by atoms with E-state index in [1.165, 1.54) is 24.3 Å². The van der Waals surface area contributed by atoms with Gasteiger partial charge in [-0.3, -0.25) is 4.79 Å². The molecule has 0 saturated heterocycles. The number of carbonyl (C=O) groups is 1. The number of rotatable bonds is 7. The molecular formula is C19H20F3O2P. The fourth-order valence-corrected chi connectivity index (χ4v) is 4.14. The first-order valence-electron chi connectivity index (χ1n) is 8.04. The van der Waals surface area contributed by atoms with Gasteiger partial charge >= 0.3 is 5.92 Å². The van der Waals surface area contributed by atoms with Crippen molar-refractivity contribution in [2.24, 2.45) is 0 Å². The van der Waals surface area contributed by atoms with Crippen molar-refractivity contribution in [3.8, 4) is 5.75 Å². The highest BCUT2D eigenvalue weighted by atomic mass is 31.1. The molecule has 0 aliphatic rings. The minimum atomic E-state index is -4.60. The summed E-state index contributed by atoms with van der Waals surface area (Å²) in [7, 11) is -2.98. The van der Waals surface area contributed by atoms with Crippen LogP contribution in [0, 0.1) is 6.92 Å². The summed E-state index contributed by atoms with van der Waals surface area (Å²) in [5.74, 6) is -4.07. The first-order chi connectivity index (χ1) is 11.8. The number of carbonyl (C=O) groups excluding carboxylic acids is 1. The van der Waals surface area contributed by atoms with E-state index in [4.69, 9.17) is 4.74 Å². The Kier molecular flexibility index (Phi) is 6.60. The molecule has 0 radical (unpaired) electrons. The number of hydrogen-bond acceptors (Lipinski definition) is 2. The number of alkyl halides is 3. The second-order valence-corrected chi connectivity index (χ2v) is 7.69. The predicted octanol–water partition coefficient (Wildman–Crippen LogP) is 5.64. The van der Waals surface area contributed by atoms with Crippen LogP contribution in [0.4, 0.5) is 13.2 Å². The average Bonchev–Trinajstić information content (AvgIpc) is 2.57. The minimum Gasteiger partial charge on any atom is -0.494 e. The van der Waals surface area contributed by atoms with Crippen LogP contribution in [-0.4, -0.2) is 18.0 Å². The van der Waals surface area contributed by atoms with Gasteiger partial charge in [0.15, 0.2) is 5.52 Å². The maximum atomic E-state index is 13.6. The minimum absolute atomic E-state index is 0.0270. The van der Waals surface area contributed by atoms with E-state index in [2.05, 4.69) is 0 Å². The van der Waals surface area contributed by atoms with Crippen LogP contribution in [0.2, 0.25) is 0 Å². The van der Waals surface area contributed by atoms with Crippen LogP contribution in [-0.2, 0) is 0 Å². The molecule has 2 nitrogen and oxygen atoms in total. The quantitative estimate of drug-likeness (QED) is 0.467. The highest BCUT2D eigenvalue weighted by molar-refractivity contribution is 7.83. The van der Waals surface area contributed by atoms with E-state index in [-0.39, 0.29) is 10.9 Å². The lowest BCUT2D eigenvalue weighted by molar-refractivity contribution is -0.0384. The van der Waals surface area contributed by atoms with Gasteiger partial charge in [0.2, 0.25) is 0 Å². The van der Waals surface area contributed by atoms with E-state index >= 15 is 0 Å². The molecule has 2 aromatic carbocycles. The number of hydrogen-bond donors (Lipinski definition) is 0. The Bertz CT molecular complexity index is 714. The summed E-state index contributed by atoms with van der Waals surface area (Å²) in [6.07, 6.45) is 1.85. The maximum absolute atomic E-state index is 13.6. The zero-order chi connectivity index (χ0) is 18.4. The molecule has 2 rings (SSSR count). The third kappa shape index (κ3) is 5.05. The molecule has 134 valence electrons. The number of halogens is 3. The Hall–Kier alpha value is -1.87. The van der Waals surface area contributed by atoms with Crippen molar-refractivity contribution in [3.63, 3.8) is 0 Å². The van der Waals surface area contributed by atoms with Gasteiger partial charge in [0.05, 0.1) is 6.61 Å². The lowest BCUT2D eigenvalue weighted by Crippen LogP contribution is -2.23. The zero-order valence-electron chi connectivity index (χ0n) is 14.1. The van der Waals surface area contributed by atoms with Gasteiger partial charge in [0.1, 0.15) is 13.7 Å². The van der Waals surface area contributed by atoms with Gasteiger partial charge in [-0.1, -0.05) is 43.7 Å². The maximum Gasteiger partial charge on any atom is 0.416 e. The monoisotopic (exact) mass is 368 g/mol. The smallest absolute Gasteiger partial charge is 0.416 e. The molecule has 0 N–H and O–H groups in total. The molecule has 0 saturated carbocycles. The van der Waals surface area contributed by atoms with Crippen LogP contribution >= 0.6 is 7.92 Å². The van der Waals surface area contributed by atoms with Crippen molar-refractivity contribution in [2.45, 2.75) is 32.6 Å². The molecule has 6 heteroatoms. The van der Waals surface area contributed by atoms with Gasteiger partial charge in [-0.05, 0) is 42.4 Å². The first kappa shape index (κ1) is 19.5. The lowest BCUT2D eigenvalue weighted by Gasteiger charge is -2.22. The Morgan fingerprint density at radius 1 is 1.12 bits per heavy atom. The van der Waals surface area contributed by atoms with Crippen molar-refractivity contribution < 1.29 is 22.7 Å². The van der Waals surface area contributed by atoms with Crippen molar-refractivity contribution in [3.05, 3.63) is 59.7 Å². The molecule has 0 bridgehead atoms. The molecule has 0 spiro atoms. The van der Waals surface area contributed by atoms with Gasteiger partial charge in [-0.15, -0.1) is 0 Å². The Balaban J connectivity index is 2.34.